The quantitative estimate of drug-likeness (QED) is 0.384. The van der Waals surface area contributed by atoms with Crippen LogP contribution in [0.3, 0.4) is 0 Å². The number of nitrogens with zero attached hydrogens (tertiary/aromatic N) is 3. The Labute approximate surface area is 162 Å². The summed E-state index contributed by atoms with van der Waals surface area (Å²) < 4.78 is 16.7. The molecule has 148 valence electrons. The Morgan fingerprint density at radius 2 is 2.00 bits per heavy atom. The van der Waals surface area contributed by atoms with Crippen molar-refractivity contribution in [3.63, 3.8) is 0 Å². The van der Waals surface area contributed by atoms with Gasteiger partial charge < -0.3 is 14.2 Å². The highest BCUT2D eigenvalue weighted by molar-refractivity contribution is 5.89. The Morgan fingerprint density at radius 1 is 1.25 bits per heavy atom. The van der Waals surface area contributed by atoms with Gasteiger partial charge in [0.05, 0.1) is 23.7 Å². The number of esters is 1. The largest absolute Gasteiger partial charge is 0.490 e. The number of nitro groups is 1. The van der Waals surface area contributed by atoms with Crippen LogP contribution in [0, 0.1) is 10.1 Å². The molecule has 1 fully saturated rings. The van der Waals surface area contributed by atoms with Crippen LogP contribution in [0.2, 0.25) is 0 Å². The second-order valence-corrected chi connectivity index (χ2v) is 6.24. The zero-order chi connectivity index (χ0) is 19.8. The van der Waals surface area contributed by atoms with E-state index >= 15 is 0 Å². The standard InChI is InChI=1S/C19H21N3O6/c23-19(15-2-1-7-20-12-15)28-18(13-21-8-10-26-11-9-21)14-27-17-5-3-16(4-6-17)22(24)25/h1-7,12,18H,8-11,13-14H2. The topological polar surface area (TPSA) is 104 Å². The second kappa shape index (κ2) is 9.77. The summed E-state index contributed by atoms with van der Waals surface area (Å²) in [5, 5.41) is 10.7. The first-order chi connectivity index (χ1) is 13.6. The van der Waals surface area contributed by atoms with Gasteiger partial charge in [-0.3, -0.25) is 20.0 Å². The van der Waals surface area contributed by atoms with Crippen LogP contribution < -0.4 is 4.74 Å². The first-order valence-electron chi connectivity index (χ1n) is 8.90. The lowest BCUT2D eigenvalue weighted by Gasteiger charge is -2.30. The fraction of sp³-hybridized carbons (Fsp3) is 0.368. The molecule has 2 heterocycles. The monoisotopic (exact) mass is 387 g/mol. The number of benzene rings is 1. The molecule has 0 amide bonds. The van der Waals surface area contributed by atoms with E-state index in [1.54, 1.807) is 18.3 Å². The maximum atomic E-state index is 12.4. The predicted octanol–water partition coefficient (Wildman–Crippen LogP) is 1.93. The lowest BCUT2D eigenvalue weighted by molar-refractivity contribution is -0.384. The maximum Gasteiger partial charge on any atom is 0.340 e. The molecule has 1 aromatic heterocycles. The lowest BCUT2D eigenvalue weighted by atomic mass is 10.2. The van der Waals surface area contributed by atoms with Crippen molar-refractivity contribution < 1.29 is 23.9 Å². The molecule has 9 nitrogen and oxygen atoms in total. The molecule has 0 saturated carbocycles. The average Bonchev–Trinajstić information content (AvgIpc) is 2.73. The Morgan fingerprint density at radius 3 is 2.64 bits per heavy atom. The number of hydrogen-bond acceptors (Lipinski definition) is 8. The minimum absolute atomic E-state index is 0.0137. The van der Waals surface area contributed by atoms with Crippen LogP contribution in [-0.4, -0.2) is 66.3 Å². The average molecular weight is 387 g/mol. The summed E-state index contributed by atoms with van der Waals surface area (Å²) in [6, 6.07) is 9.08. The number of ether oxygens (including phenoxy) is 3. The van der Waals surface area contributed by atoms with E-state index < -0.39 is 17.0 Å². The SMILES string of the molecule is O=C(OC(COc1ccc([N+](=O)[O-])cc1)CN1CCOCC1)c1cccnc1. The molecule has 1 unspecified atom stereocenters. The van der Waals surface area contributed by atoms with Gasteiger partial charge in [0.25, 0.3) is 5.69 Å². The number of hydrogen-bond donors (Lipinski definition) is 0. The highest BCUT2D eigenvalue weighted by Crippen LogP contribution is 2.18. The van der Waals surface area contributed by atoms with Crippen molar-refractivity contribution in [1.82, 2.24) is 9.88 Å². The normalized spacial score (nSPS) is 15.6. The molecule has 1 aromatic carbocycles. The number of aromatic nitrogens is 1. The van der Waals surface area contributed by atoms with Gasteiger partial charge >= 0.3 is 5.97 Å². The van der Waals surface area contributed by atoms with E-state index in [0.717, 1.165) is 13.1 Å². The molecule has 0 radical (unpaired) electrons. The van der Waals surface area contributed by atoms with E-state index in [9.17, 15) is 14.9 Å². The number of morpholine rings is 1. The number of rotatable bonds is 8. The second-order valence-electron chi connectivity index (χ2n) is 6.24. The number of nitro benzene ring substituents is 1. The molecule has 28 heavy (non-hydrogen) atoms. The Balaban J connectivity index is 1.62. The molecular weight excluding hydrogens is 366 g/mol. The summed E-state index contributed by atoms with van der Waals surface area (Å²) in [5.74, 6) is -0.00587. The highest BCUT2D eigenvalue weighted by atomic mass is 16.6. The van der Waals surface area contributed by atoms with Crippen molar-refractivity contribution in [3.05, 3.63) is 64.5 Å². The van der Waals surface area contributed by atoms with Crippen LogP contribution in [0.25, 0.3) is 0 Å². The molecule has 0 aliphatic carbocycles. The molecule has 3 rings (SSSR count). The number of non-ortho nitro benzene ring substituents is 1. The summed E-state index contributed by atoms with van der Waals surface area (Å²) in [5.41, 5.74) is 0.352. The molecule has 0 bridgehead atoms. The molecule has 1 aliphatic heterocycles. The van der Waals surface area contributed by atoms with Gasteiger partial charge in [-0.15, -0.1) is 0 Å². The van der Waals surface area contributed by atoms with Crippen LogP contribution in [-0.2, 0) is 9.47 Å². The number of carbonyl (C=O) groups is 1. The molecule has 1 atom stereocenters. The van der Waals surface area contributed by atoms with Crippen molar-refractivity contribution >= 4 is 11.7 Å². The minimum atomic E-state index is -0.513. The fourth-order valence-electron chi connectivity index (χ4n) is 2.75. The van der Waals surface area contributed by atoms with Crippen molar-refractivity contribution in [2.45, 2.75) is 6.10 Å². The maximum absolute atomic E-state index is 12.4. The summed E-state index contributed by atoms with van der Waals surface area (Å²) >= 11 is 0. The highest BCUT2D eigenvalue weighted by Gasteiger charge is 2.22. The van der Waals surface area contributed by atoms with Gasteiger partial charge in [-0.2, -0.15) is 0 Å². The molecule has 9 heteroatoms. The number of carbonyl (C=O) groups excluding carboxylic acids is 1. The van der Waals surface area contributed by atoms with Gasteiger partial charge in [-0.05, 0) is 24.3 Å². The van der Waals surface area contributed by atoms with Crippen molar-refractivity contribution in [1.29, 1.82) is 0 Å². The van der Waals surface area contributed by atoms with Crippen molar-refractivity contribution in [2.24, 2.45) is 0 Å². The van der Waals surface area contributed by atoms with E-state index in [1.165, 1.54) is 30.5 Å². The zero-order valence-corrected chi connectivity index (χ0v) is 15.2. The fourth-order valence-corrected chi connectivity index (χ4v) is 2.75. The van der Waals surface area contributed by atoms with Gasteiger partial charge in [0, 0.05) is 44.2 Å². The molecule has 1 aliphatic rings. The first kappa shape index (κ1) is 19.7. The van der Waals surface area contributed by atoms with Crippen molar-refractivity contribution in [2.75, 3.05) is 39.5 Å². The zero-order valence-electron chi connectivity index (χ0n) is 15.2. The molecular formula is C19H21N3O6. The van der Waals surface area contributed by atoms with E-state index in [2.05, 4.69) is 9.88 Å². The van der Waals surface area contributed by atoms with Gasteiger partial charge in [-0.25, -0.2) is 4.79 Å². The van der Waals surface area contributed by atoms with Crippen LogP contribution in [0.15, 0.2) is 48.8 Å². The minimum Gasteiger partial charge on any atom is -0.490 e. The molecule has 2 aromatic rings. The van der Waals surface area contributed by atoms with Gasteiger partial charge in [0.2, 0.25) is 0 Å². The first-order valence-corrected chi connectivity index (χ1v) is 8.90. The van der Waals surface area contributed by atoms with Crippen molar-refractivity contribution in [3.8, 4) is 5.75 Å². The number of pyridine rings is 1. The molecule has 0 spiro atoms. The van der Waals surface area contributed by atoms with Gasteiger partial charge in [-0.1, -0.05) is 0 Å². The van der Waals surface area contributed by atoms with E-state index in [4.69, 9.17) is 14.2 Å². The van der Waals surface area contributed by atoms with Crippen LogP contribution in [0.5, 0.6) is 5.75 Å². The summed E-state index contributed by atoms with van der Waals surface area (Å²) in [7, 11) is 0. The third kappa shape index (κ3) is 5.73. The van der Waals surface area contributed by atoms with Gasteiger partial charge in [0.1, 0.15) is 18.5 Å². The Kier molecular flexibility index (Phi) is 6.88. The predicted molar refractivity (Wildman–Crippen MR) is 99.3 cm³/mol. The summed E-state index contributed by atoms with van der Waals surface area (Å²) in [6.45, 7) is 3.39. The van der Waals surface area contributed by atoms with E-state index in [-0.39, 0.29) is 12.3 Å². The van der Waals surface area contributed by atoms with Crippen LogP contribution in [0.4, 0.5) is 5.69 Å². The lowest BCUT2D eigenvalue weighted by Crippen LogP contribution is -2.44. The third-order valence-electron chi connectivity index (χ3n) is 4.22. The summed E-state index contributed by atoms with van der Waals surface area (Å²) in [4.78, 5) is 28.7. The summed E-state index contributed by atoms with van der Waals surface area (Å²) in [6.07, 6.45) is 2.52. The smallest absolute Gasteiger partial charge is 0.340 e. The third-order valence-corrected chi connectivity index (χ3v) is 4.22. The van der Waals surface area contributed by atoms with E-state index in [0.29, 0.717) is 31.1 Å². The molecule has 0 N–H and O–H groups in total. The Hall–Kier alpha value is -3.04. The Bertz CT molecular complexity index is 778. The van der Waals surface area contributed by atoms with Gasteiger partial charge in [0.15, 0.2) is 0 Å². The van der Waals surface area contributed by atoms with Crippen LogP contribution in [0.1, 0.15) is 10.4 Å². The van der Waals surface area contributed by atoms with E-state index in [1.807, 2.05) is 0 Å². The molecule has 1 saturated heterocycles. The van der Waals surface area contributed by atoms with Crippen LogP contribution >= 0.6 is 0 Å².